The molecule has 4 heterocycles. The molecule has 154 valence electrons. The second-order valence-corrected chi connectivity index (χ2v) is 7.57. The summed E-state index contributed by atoms with van der Waals surface area (Å²) in [6.07, 6.45) is 12.7. The van der Waals surface area contributed by atoms with E-state index in [9.17, 15) is 0 Å². The highest BCUT2D eigenvalue weighted by atomic mass is 15.2. The van der Waals surface area contributed by atoms with Gasteiger partial charge in [0.1, 0.15) is 12.7 Å². The minimum atomic E-state index is 0.625. The van der Waals surface area contributed by atoms with Gasteiger partial charge in [0.25, 0.3) is 0 Å². The Morgan fingerprint density at radius 2 is 1.06 bits per heavy atom. The Morgan fingerprint density at radius 3 is 1.62 bits per heavy atom. The minimum absolute atomic E-state index is 0.625. The van der Waals surface area contributed by atoms with Crippen LogP contribution in [0.3, 0.4) is 0 Å². The highest BCUT2D eigenvalue weighted by Crippen LogP contribution is 2.28. The first kappa shape index (κ1) is 18.4. The predicted molar refractivity (Wildman–Crippen MR) is 123 cm³/mol. The highest BCUT2D eigenvalue weighted by molar-refractivity contribution is 5.86. The van der Waals surface area contributed by atoms with Crippen LogP contribution in [0.2, 0.25) is 0 Å². The van der Waals surface area contributed by atoms with Crippen LogP contribution in [0.4, 0.5) is 0 Å². The maximum Gasteiger partial charge on any atom is 0.237 e. The smallest absolute Gasteiger partial charge is 0.237 e. The van der Waals surface area contributed by atoms with E-state index in [4.69, 9.17) is 0 Å². The largest absolute Gasteiger partial charge is 0.285 e. The molecule has 7 heteroatoms. The number of aryl methyl sites for hydroxylation is 2. The van der Waals surface area contributed by atoms with Gasteiger partial charge in [-0.1, -0.05) is 36.4 Å². The summed E-state index contributed by atoms with van der Waals surface area (Å²) >= 11 is 0. The van der Waals surface area contributed by atoms with Gasteiger partial charge in [0.15, 0.2) is 0 Å². The van der Waals surface area contributed by atoms with Crippen LogP contribution in [-0.4, -0.2) is 34.1 Å². The lowest BCUT2D eigenvalue weighted by Crippen LogP contribution is -1.99. The molecule has 7 nitrogen and oxygen atoms in total. The summed E-state index contributed by atoms with van der Waals surface area (Å²) in [5.74, 6) is 1.31. The molecule has 6 aromatic rings. The second-order valence-electron chi connectivity index (χ2n) is 7.57. The van der Waals surface area contributed by atoms with E-state index in [0.29, 0.717) is 11.9 Å². The fourth-order valence-corrected chi connectivity index (χ4v) is 4.27. The molecule has 0 unspecified atom stereocenters. The first-order chi connectivity index (χ1) is 15.9. The maximum atomic E-state index is 4.44. The fourth-order valence-electron chi connectivity index (χ4n) is 4.27. The van der Waals surface area contributed by atoms with Crippen molar-refractivity contribution in [3.05, 3.63) is 103 Å². The topological polar surface area (TPSA) is 74.3 Å². The number of rotatable bonds is 5. The molecule has 0 bridgehead atoms. The summed E-state index contributed by atoms with van der Waals surface area (Å²) in [5.41, 5.74) is 4.73. The lowest BCUT2D eigenvalue weighted by atomic mass is 10.0. The van der Waals surface area contributed by atoms with Crippen molar-refractivity contribution in [2.45, 2.75) is 12.8 Å². The van der Waals surface area contributed by atoms with Gasteiger partial charge in [-0.05, 0) is 42.2 Å². The Hall–Kier alpha value is -4.39. The van der Waals surface area contributed by atoms with Crippen molar-refractivity contribution in [1.29, 1.82) is 0 Å². The Morgan fingerprint density at radius 1 is 0.562 bits per heavy atom. The molecule has 0 amide bonds. The van der Waals surface area contributed by atoms with E-state index in [1.165, 1.54) is 34.6 Å². The highest BCUT2D eigenvalue weighted by Gasteiger charge is 2.14. The molecule has 0 aliphatic rings. The van der Waals surface area contributed by atoms with Gasteiger partial charge in [-0.15, -0.1) is 0 Å². The van der Waals surface area contributed by atoms with Crippen LogP contribution >= 0.6 is 0 Å². The van der Waals surface area contributed by atoms with Crippen molar-refractivity contribution in [2.24, 2.45) is 0 Å². The van der Waals surface area contributed by atoms with Crippen LogP contribution in [0.15, 0.2) is 92.0 Å². The maximum absolute atomic E-state index is 4.44. The Kier molecular flexibility index (Phi) is 4.42. The molecular formula is C25H19N7. The molecule has 0 aliphatic heterocycles. The lowest BCUT2D eigenvalue weighted by Gasteiger charge is -2.01. The molecular weight excluding hydrogens is 398 g/mol. The van der Waals surface area contributed by atoms with Crippen molar-refractivity contribution in [2.75, 3.05) is 0 Å². The van der Waals surface area contributed by atoms with Gasteiger partial charge in [-0.3, -0.25) is 9.13 Å². The molecule has 4 aromatic heterocycles. The van der Waals surface area contributed by atoms with E-state index in [1.807, 2.05) is 22.8 Å². The molecule has 2 aromatic carbocycles. The number of hydrogen-bond acceptors (Lipinski definition) is 5. The van der Waals surface area contributed by atoms with E-state index in [-0.39, 0.29) is 0 Å². The third kappa shape index (κ3) is 3.11. The Balaban J connectivity index is 1.39. The summed E-state index contributed by atoms with van der Waals surface area (Å²) in [6.45, 7) is 0. The zero-order valence-electron chi connectivity index (χ0n) is 17.2. The van der Waals surface area contributed by atoms with Crippen molar-refractivity contribution in [1.82, 2.24) is 34.1 Å². The first-order valence-electron chi connectivity index (χ1n) is 10.5. The van der Waals surface area contributed by atoms with E-state index in [0.717, 1.165) is 23.9 Å². The number of para-hydroxylation sites is 2. The van der Waals surface area contributed by atoms with Crippen molar-refractivity contribution >= 4 is 21.8 Å². The molecule has 0 atom stereocenters. The van der Waals surface area contributed by atoms with Crippen LogP contribution in [-0.2, 0) is 12.8 Å². The van der Waals surface area contributed by atoms with Crippen LogP contribution in [0.25, 0.3) is 33.7 Å². The van der Waals surface area contributed by atoms with Crippen LogP contribution in [0.1, 0.15) is 11.1 Å². The van der Waals surface area contributed by atoms with Gasteiger partial charge in [0, 0.05) is 35.6 Å². The zero-order valence-corrected chi connectivity index (χ0v) is 17.2. The van der Waals surface area contributed by atoms with Gasteiger partial charge in [0.05, 0.1) is 11.0 Å². The summed E-state index contributed by atoms with van der Waals surface area (Å²) in [7, 11) is 0. The summed E-state index contributed by atoms with van der Waals surface area (Å²) in [6, 6.07) is 18.6. The predicted octanol–water partition coefficient (Wildman–Crippen LogP) is 4.33. The molecule has 6 rings (SSSR count). The minimum Gasteiger partial charge on any atom is -0.285 e. The van der Waals surface area contributed by atoms with Gasteiger partial charge in [-0.25, -0.2) is 24.9 Å². The monoisotopic (exact) mass is 417 g/mol. The van der Waals surface area contributed by atoms with Crippen molar-refractivity contribution in [3.8, 4) is 11.9 Å². The van der Waals surface area contributed by atoms with Gasteiger partial charge >= 0.3 is 0 Å². The molecule has 0 saturated heterocycles. The van der Waals surface area contributed by atoms with Crippen molar-refractivity contribution < 1.29 is 0 Å². The average molecular weight is 417 g/mol. The quantitative estimate of drug-likeness (QED) is 0.417. The summed E-state index contributed by atoms with van der Waals surface area (Å²) in [4.78, 5) is 21.5. The zero-order chi connectivity index (χ0) is 21.3. The molecule has 0 fully saturated rings. The molecule has 0 N–H and O–H groups in total. The van der Waals surface area contributed by atoms with Gasteiger partial charge in [-0.2, -0.15) is 0 Å². The standard InChI is InChI=1S/C25H19N7/c1-3-8-22-20(6-1)18(14-31(22)24-27-12-5-13-28-24)10-11-19-15-32(25-29-16-26-17-30-25)23-9-4-2-7-21(19)23/h1-9,12-17H,10-11H2. The van der Waals surface area contributed by atoms with E-state index >= 15 is 0 Å². The Labute approximate surface area is 184 Å². The van der Waals surface area contributed by atoms with Gasteiger partial charge in [0.2, 0.25) is 11.9 Å². The summed E-state index contributed by atoms with van der Waals surface area (Å²) < 4.78 is 4.10. The van der Waals surface area contributed by atoms with E-state index in [2.05, 4.69) is 78.3 Å². The molecule has 0 saturated carbocycles. The molecule has 32 heavy (non-hydrogen) atoms. The fraction of sp³-hybridized carbons (Fsp3) is 0.0800. The number of benzene rings is 2. The van der Waals surface area contributed by atoms with Crippen molar-refractivity contribution in [3.63, 3.8) is 0 Å². The number of nitrogens with zero attached hydrogens (tertiary/aromatic N) is 7. The van der Waals surface area contributed by atoms with Crippen LogP contribution in [0.5, 0.6) is 0 Å². The second kappa shape index (κ2) is 7.70. The number of hydrogen-bond donors (Lipinski definition) is 0. The number of fused-ring (bicyclic) bond motifs is 2. The molecule has 0 radical (unpaired) electrons. The third-order valence-electron chi connectivity index (χ3n) is 5.72. The molecule has 0 spiro atoms. The van der Waals surface area contributed by atoms with Gasteiger partial charge < -0.3 is 0 Å². The van der Waals surface area contributed by atoms with Crippen LogP contribution < -0.4 is 0 Å². The average Bonchev–Trinajstić information content (AvgIpc) is 3.43. The SMILES string of the molecule is c1cnc(-n2cc(CCc3cn(-c4ncncn4)c4ccccc34)c3ccccc32)nc1. The lowest BCUT2D eigenvalue weighted by molar-refractivity contribution is 0.902. The summed E-state index contributed by atoms with van der Waals surface area (Å²) in [5, 5.41) is 2.43. The number of aromatic nitrogens is 7. The Bertz CT molecular complexity index is 1400. The third-order valence-corrected chi connectivity index (χ3v) is 5.72. The normalized spacial score (nSPS) is 11.4. The van der Waals surface area contributed by atoms with E-state index < -0.39 is 0 Å². The van der Waals surface area contributed by atoms with Crippen LogP contribution in [0, 0.1) is 0 Å². The first-order valence-corrected chi connectivity index (χ1v) is 10.5. The molecule has 0 aliphatic carbocycles. The van der Waals surface area contributed by atoms with E-state index in [1.54, 1.807) is 12.4 Å².